The van der Waals surface area contributed by atoms with E-state index in [1.54, 1.807) is 0 Å². The molecule has 5 atom stereocenters. The summed E-state index contributed by atoms with van der Waals surface area (Å²) in [5.41, 5.74) is 2.69. The minimum atomic E-state index is -2.56. The largest absolute Gasteiger partial charge is 0.494 e. The molecule has 2 aromatic rings. The highest BCUT2D eigenvalue weighted by atomic mass is 35.5. The fraction of sp³-hybridized carbons (Fsp3) is 0.559. The maximum atomic E-state index is 12.6. The Labute approximate surface area is 267 Å². The first-order valence-corrected chi connectivity index (χ1v) is 18.6. The summed E-state index contributed by atoms with van der Waals surface area (Å²) in [5.74, 6) is -1.02. The number of hydrogen-bond acceptors (Lipinski definition) is 8. The van der Waals surface area contributed by atoms with Crippen molar-refractivity contribution in [2.75, 3.05) is 6.61 Å². The highest BCUT2D eigenvalue weighted by Gasteiger charge is 2.51. The van der Waals surface area contributed by atoms with Gasteiger partial charge in [0.2, 0.25) is 0 Å². The molecule has 2 aromatic carbocycles. The third-order valence-corrected chi connectivity index (χ3v) is 12.6. The first kappa shape index (κ1) is 35.8. The summed E-state index contributed by atoms with van der Waals surface area (Å²) in [5, 5.41) is 0.217. The highest BCUT2D eigenvalue weighted by Crippen LogP contribution is 2.46. The van der Waals surface area contributed by atoms with E-state index in [-0.39, 0.29) is 17.2 Å². The van der Waals surface area contributed by atoms with E-state index < -0.39 is 50.6 Å². The van der Waals surface area contributed by atoms with Gasteiger partial charge in [0.15, 0.2) is 14.4 Å². The van der Waals surface area contributed by atoms with Gasteiger partial charge < -0.3 is 28.5 Å². The average molecular weight is 647 g/mol. The summed E-state index contributed by atoms with van der Waals surface area (Å²) < 4.78 is 24.0. The molecule has 0 saturated carbocycles. The first-order valence-electron chi connectivity index (χ1n) is 15.2. The van der Waals surface area contributed by atoms with Gasteiger partial charge in [-0.1, -0.05) is 49.7 Å². The second-order valence-corrected chi connectivity index (χ2v) is 17.8. The van der Waals surface area contributed by atoms with Gasteiger partial charge in [-0.15, -0.1) is 0 Å². The standard InChI is InChI=1S/C34H47ClO8Si/c1-9-40-27-13-10-24(11-14-27)19-26-20-25(12-15-29(26)35)31-28(18-21(2)36)32(41-22(3)37)33(42-23(4)38)30(43-31)16-17-34(5,6)44(7,8)39/h10-15,20,28,30-33,39H,9,16-19H2,1-8H3. The van der Waals surface area contributed by atoms with E-state index in [0.29, 0.717) is 30.9 Å². The molecule has 1 fully saturated rings. The molecule has 5 unspecified atom stereocenters. The van der Waals surface area contributed by atoms with E-state index in [1.807, 2.05) is 76.3 Å². The fourth-order valence-electron chi connectivity index (χ4n) is 5.59. The molecule has 0 amide bonds. The van der Waals surface area contributed by atoms with Crippen molar-refractivity contribution in [3.8, 4) is 5.75 Å². The molecule has 0 aliphatic carbocycles. The molecule has 1 N–H and O–H groups in total. The lowest BCUT2D eigenvalue weighted by Crippen LogP contribution is -2.55. The van der Waals surface area contributed by atoms with Crippen molar-refractivity contribution in [3.63, 3.8) is 0 Å². The first-order chi connectivity index (χ1) is 20.5. The molecule has 3 rings (SSSR count). The van der Waals surface area contributed by atoms with Crippen LogP contribution < -0.4 is 4.74 Å². The number of rotatable bonds is 13. The summed E-state index contributed by atoms with van der Waals surface area (Å²) in [6, 6.07) is 13.5. The van der Waals surface area contributed by atoms with Gasteiger partial charge in [0.1, 0.15) is 17.6 Å². The lowest BCUT2D eigenvalue weighted by atomic mass is 9.79. The molecular formula is C34H47ClO8Si. The summed E-state index contributed by atoms with van der Waals surface area (Å²) >= 11 is 6.67. The number of carbonyl (C=O) groups is 3. The zero-order valence-electron chi connectivity index (χ0n) is 27.1. The molecule has 0 radical (unpaired) electrons. The second-order valence-electron chi connectivity index (χ2n) is 12.9. The Balaban J connectivity index is 2.06. The van der Waals surface area contributed by atoms with Crippen molar-refractivity contribution in [2.45, 2.75) is 110 Å². The minimum absolute atomic E-state index is 0.0476. The third-order valence-electron chi connectivity index (χ3n) is 8.69. The lowest BCUT2D eigenvalue weighted by molar-refractivity contribution is -0.229. The molecule has 0 aromatic heterocycles. The minimum Gasteiger partial charge on any atom is -0.494 e. The number of esters is 2. The Morgan fingerprint density at radius 2 is 1.59 bits per heavy atom. The monoisotopic (exact) mass is 646 g/mol. The molecule has 1 aliphatic heterocycles. The van der Waals surface area contributed by atoms with Crippen LogP contribution in [0.25, 0.3) is 0 Å². The number of Topliss-reactive ketones (excluding diaryl/α,β-unsaturated/α-hetero) is 1. The molecule has 0 spiro atoms. The Morgan fingerprint density at radius 3 is 2.14 bits per heavy atom. The van der Waals surface area contributed by atoms with Crippen LogP contribution in [0.1, 0.15) is 83.6 Å². The van der Waals surface area contributed by atoms with Crippen LogP contribution in [-0.4, -0.2) is 55.8 Å². The number of ketones is 1. The molecule has 0 bridgehead atoms. The van der Waals surface area contributed by atoms with Crippen LogP contribution in [0.4, 0.5) is 0 Å². The van der Waals surface area contributed by atoms with E-state index >= 15 is 0 Å². The molecule has 44 heavy (non-hydrogen) atoms. The van der Waals surface area contributed by atoms with Crippen LogP contribution >= 0.6 is 11.6 Å². The summed E-state index contributed by atoms with van der Waals surface area (Å²) in [6.07, 6.45) is -1.52. The number of halogens is 1. The van der Waals surface area contributed by atoms with E-state index in [9.17, 15) is 19.2 Å². The van der Waals surface area contributed by atoms with Crippen molar-refractivity contribution in [3.05, 3.63) is 64.2 Å². The normalized spacial score (nSPS) is 22.3. The Hall–Kier alpha value is -2.72. The molecule has 1 aliphatic rings. The topological polar surface area (TPSA) is 108 Å². The van der Waals surface area contributed by atoms with Gasteiger partial charge in [0.25, 0.3) is 0 Å². The van der Waals surface area contributed by atoms with Gasteiger partial charge in [-0.05, 0) is 86.1 Å². The van der Waals surface area contributed by atoms with Crippen molar-refractivity contribution in [2.24, 2.45) is 5.92 Å². The number of carbonyl (C=O) groups excluding carboxylic acids is 3. The predicted octanol–water partition coefficient (Wildman–Crippen LogP) is 6.99. The predicted molar refractivity (Wildman–Crippen MR) is 172 cm³/mol. The number of benzene rings is 2. The van der Waals surface area contributed by atoms with E-state index in [4.69, 9.17) is 30.5 Å². The lowest BCUT2D eigenvalue weighted by Gasteiger charge is -2.47. The fourth-order valence-corrected chi connectivity index (χ4v) is 6.53. The van der Waals surface area contributed by atoms with Gasteiger partial charge in [-0.2, -0.15) is 0 Å². The zero-order chi connectivity index (χ0) is 32.8. The molecule has 242 valence electrons. The van der Waals surface area contributed by atoms with Gasteiger partial charge in [-0.3, -0.25) is 9.59 Å². The maximum absolute atomic E-state index is 12.6. The third kappa shape index (κ3) is 9.39. The molecular weight excluding hydrogens is 600 g/mol. The number of ether oxygens (including phenoxy) is 4. The Bertz CT molecular complexity index is 1300. The van der Waals surface area contributed by atoms with Crippen LogP contribution in [0.15, 0.2) is 42.5 Å². The molecule has 1 heterocycles. The van der Waals surface area contributed by atoms with Crippen LogP contribution in [-0.2, 0) is 35.0 Å². The van der Waals surface area contributed by atoms with Gasteiger partial charge in [0, 0.05) is 31.2 Å². The van der Waals surface area contributed by atoms with E-state index in [2.05, 4.69) is 0 Å². The molecule has 1 saturated heterocycles. The van der Waals surface area contributed by atoms with Crippen molar-refractivity contribution in [1.29, 1.82) is 0 Å². The average Bonchev–Trinajstić information content (AvgIpc) is 2.91. The SMILES string of the molecule is CCOc1ccc(Cc2cc(C3OC(CCC(C)(C)[Si](C)(C)O)C(OC(C)=O)C(OC(C)=O)C3CC(C)=O)ccc2Cl)cc1. The van der Waals surface area contributed by atoms with Crippen molar-refractivity contribution >= 4 is 37.6 Å². The van der Waals surface area contributed by atoms with Gasteiger partial charge >= 0.3 is 11.9 Å². The van der Waals surface area contributed by atoms with Crippen LogP contribution in [0, 0.1) is 5.92 Å². The number of hydrogen-bond donors (Lipinski definition) is 1. The maximum Gasteiger partial charge on any atom is 0.303 e. The summed E-state index contributed by atoms with van der Waals surface area (Å²) in [6.45, 7) is 14.4. The summed E-state index contributed by atoms with van der Waals surface area (Å²) in [4.78, 5) is 48.2. The summed E-state index contributed by atoms with van der Waals surface area (Å²) in [7, 11) is -2.56. The van der Waals surface area contributed by atoms with Crippen molar-refractivity contribution in [1.82, 2.24) is 0 Å². The van der Waals surface area contributed by atoms with Gasteiger partial charge in [-0.25, -0.2) is 0 Å². The van der Waals surface area contributed by atoms with Gasteiger partial charge in [0.05, 0.1) is 18.8 Å². The molecule has 10 heteroatoms. The van der Waals surface area contributed by atoms with E-state index in [1.165, 1.54) is 20.8 Å². The molecule has 8 nitrogen and oxygen atoms in total. The van der Waals surface area contributed by atoms with Crippen LogP contribution in [0.3, 0.4) is 0 Å². The van der Waals surface area contributed by atoms with Crippen LogP contribution in [0.2, 0.25) is 23.2 Å². The van der Waals surface area contributed by atoms with Crippen molar-refractivity contribution < 1.29 is 38.1 Å². The quantitative estimate of drug-likeness (QED) is 0.183. The highest BCUT2D eigenvalue weighted by molar-refractivity contribution is 6.72. The van der Waals surface area contributed by atoms with Crippen LogP contribution in [0.5, 0.6) is 5.75 Å². The second kappa shape index (κ2) is 15.0. The Kier molecular flexibility index (Phi) is 12.2. The smallest absolute Gasteiger partial charge is 0.303 e. The Morgan fingerprint density at radius 1 is 0.977 bits per heavy atom. The zero-order valence-corrected chi connectivity index (χ0v) is 28.9. The van der Waals surface area contributed by atoms with E-state index in [0.717, 1.165) is 22.4 Å².